The molecule has 0 amide bonds. The number of phenols is 1. The van der Waals surface area contributed by atoms with Crippen molar-refractivity contribution in [1.29, 1.82) is 0 Å². The largest absolute Gasteiger partial charge is 0.508 e. The highest BCUT2D eigenvalue weighted by Gasteiger charge is 2.17. The summed E-state index contributed by atoms with van der Waals surface area (Å²) in [6.07, 6.45) is 3.68. The molecule has 0 unspecified atom stereocenters. The molecule has 1 aromatic rings. The highest BCUT2D eigenvalue weighted by molar-refractivity contribution is 9.10. The van der Waals surface area contributed by atoms with Crippen molar-refractivity contribution in [3.05, 3.63) is 28.2 Å². The molecule has 0 aliphatic carbocycles. The first-order valence-corrected chi connectivity index (χ1v) is 5.78. The molecule has 0 bridgehead atoms. The smallest absolute Gasteiger partial charge is 0.115 e. The van der Waals surface area contributed by atoms with Gasteiger partial charge in [0, 0.05) is 10.5 Å². The van der Waals surface area contributed by atoms with E-state index >= 15 is 0 Å². The molecule has 1 fully saturated rings. The van der Waals surface area contributed by atoms with Crippen LogP contribution in [0.5, 0.6) is 5.75 Å². The van der Waals surface area contributed by atoms with Gasteiger partial charge in [-0.15, -0.1) is 0 Å². The van der Waals surface area contributed by atoms with Crippen LogP contribution < -0.4 is 5.32 Å². The van der Waals surface area contributed by atoms with Gasteiger partial charge in [0.1, 0.15) is 5.75 Å². The van der Waals surface area contributed by atoms with Gasteiger partial charge in [-0.1, -0.05) is 22.4 Å². The normalized spacial score (nSPS) is 22.2. The van der Waals surface area contributed by atoms with E-state index in [1.807, 2.05) is 12.1 Å². The molecule has 2 nitrogen and oxygen atoms in total. The Morgan fingerprint density at radius 1 is 1.36 bits per heavy atom. The zero-order chi connectivity index (χ0) is 9.97. The van der Waals surface area contributed by atoms with Gasteiger partial charge in [0.25, 0.3) is 0 Å². The molecule has 0 radical (unpaired) electrons. The summed E-state index contributed by atoms with van der Waals surface area (Å²) >= 11 is 3.51. The molecule has 1 aliphatic heterocycles. The van der Waals surface area contributed by atoms with Crippen molar-refractivity contribution in [3.63, 3.8) is 0 Å². The van der Waals surface area contributed by atoms with Gasteiger partial charge in [0.15, 0.2) is 0 Å². The number of hydrogen-bond acceptors (Lipinski definition) is 2. The lowest BCUT2D eigenvalue weighted by molar-refractivity contribution is 0.408. The molecule has 1 aliphatic rings. The SMILES string of the molecule is Oc1ccc(Br)c([C@H]2CCCCN2)c1. The van der Waals surface area contributed by atoms with Crippen molar-refractivity contribution in [2.24, 2.45) is 0 Å². The molecule has 1 saturated heterocycles. The maximum atomic E-state index is 9.42. The van der Waals surface area contributed by atoms with Crippen molar-refractivity contribution in [2.75, 3.05) is 6.54 Å². The van der Waals surface area contributed by atoms with Crippen molar-refractivity contribution >= 4 is 15.9 Å². The second-order valence-electron chi connectivity index (χ2n) is 3.71. The van der Waals surface area contributed by atoms with Crippen molar-refractivity contribution in [2.45, 2.75) is 25.3 Å². The summed E-state index contributed by atoms with van der Waals surface area (Å²) in [5.41, 5.74) is 1.17. The fraction of sp³-hybridized carbons (Fsp3) is 0.455. The van der Waals surface area contributed by atoms with Crippen LogP contribution >= 0.6 is 15.9 Å². The average molecular weight is 256 g/mol. The number of benzene rings is 1. The number of phenolic OH excluding ortho intramolecular Hbond substituents is 1. The lowest BCUT2D eigenvalue weighted by Gasteiger charge is -2.24. The molecule has 1 heterocycles. The van der Waals surface area contributed by atoms with Crippen molar-refractivity contribution in [1.82, 2.24) is 5.32 Å². The molecular weight excluding hydrogens is 242 g/mol. The van der Waals surface area contributed by atoms with E-state index in [9.17, 15) is 5.11 Å². The summed E-state index contributed by atoms with van der Waals surface area (Å²) < 4.78 is 1.08. The molecule has 0 aromatic heterocycles. The highest BCUT2D eigenvalue weighted by Crippen LogP contribution is 2.31. The molecule has 1 aromatic carbocycles. The maximum absolute atomic E-state index is 9.42. The van der Waals surface area contributed by atoms with Crippen LogP contribution in [0.3, 0.4) is 0 Å². The average Bonchev–Trinajstić information content (AvgIpc) is 2.23. The third-order valence-corrected chi connectivity index (χ3v) is 3.39. The zero-order valence-electron chi connectivity index (χ0n) is 7.96. The van der Waals surface area contributed by atoms with E-state index in [-0.39, 0.29) is 0 Å². The third-order valence-electron chi connectivity index (χ3n) is 2.67. The fourth-order valence-electron chi connectivity index (χ4n) is 1.92. The van der Waals surface area contributed by atoms with Gasteiger partial charge in [-0.3, -0.25) is 0 Å². The van der Waals surface area contributed by atoms with E-state index in [1.54, 1.807) is 6.07 Å². The molecule has 2 N–H and O–H groups in total. The molecule has 0 saturated carbocycles. The fourth-order valence-corrected chi connectivity index (χ4v) is 2.44. The van der Waals surface area contributed by atoms with Gasteiger partial charge < -0.3 is 10.4 Å². The van der Waals surface area contributed by atoms with Crippen LogP contribution in [0, 0.1) is 0 Å². The van der Waals surface area contributed by atoms with Gasteiger partial charge in [-0.25, -0.2) is 0 Å². The third kappa shape index (κ3) is 2.10. The second-order valence-corrected chi connectivity index (χ2v) is 4.56. The van der Waals surface area contributed by atoms with Crippen LogP contribution in [0.15, 0.2) is 22.7 Å². The Balaban J connectivity index is 2.24. The first-order valence-electron chi connectivity index (χ1n) is 4.99. The van der Waals surface area contributed by atoms with Gasteiger partial charge in [0.2, 0.25) is 0 Å². The predicted octanol–water partition coefficient (Wildman–Crippen LogP) is 2.97. The summed E-state index contributed by atoms with van der Waals surface area (Å²) in [5, 5.41) is 12.9. The minimum atomic E-state index is 0.343. The molecule has 14 heavy (non-hydrogen) atoms. The molecule has 1 atom stereocenters. The number of halogens is 1. The minimum Gasteiger partial charge on any atom is -0.508 e. The van der Waals surface area contributed by atoms with Crippen LogP contribution in [0.2, 0.25) is 0 Å². The number of nitrogens with one attached hydrogen (secondary N) is 1. The van der Waals surface area contributed by atoms with E-state index in [0.29, 0.717) is 11.8 Å². The van der Waals surface area contributed by atoms with Gasteiger partial charge in [-0.2, -0.15) is 0 Å². The molecule has 2 rings (SSSR count). The molecular formula is C11H14BrNO. The van der Waals surface area contributed by atoms with E-state index in [0.717, 1.165) is 17.4 Å². The Morgan fingerprint density at radius 3 is 2.93 bits per heavy atom. The summed E-state index contributed by atoms with van der Waals surface area (Å²) in [6.45, 7) is 1.08. The highest BCUT2D eigenvalue weighted by atomic mass is 79.9. The summed E-state index contributed by atoms with van der Waals surface area (Å²) in [7, 11) is 0. The van der Waals surface area contributed by atoms with E-state index in [4.69, 9.17) is 0 Å². The van der Waals surface area contributed by atoms with E-state index in [2.05, 4.69) is 21.2 Å². The van der Waals surface area contributed by atoms with Gasteiger partial charge in [-0.05, 0) is 43.1 Å². The number of rotatable bonds is 1. The number of piperidine rings is 1. The second kappa shape index (κ2) is 4.32. The Morgan fingerprint density at radius 2 is 2.21 bits per heavy atom. The van der Waals surface area contributed by atoms with E-state index in [1.165, 1.54) is 18.4 Å². The Labute approximate surface area is 92.5 Å². The minimum absolute atomic E-state index is 0.343. The van der Waals surface area contributed by atoms with Crippen molar-refractivity contribution in [3.8, 4) is 5.75 Å². The van der Waals surface area contributed by atoms with E-state index < -0.39 is 0 Å². The van der Waals surface area contributed by atoms with Gasteiger partial charge >= 0.3 is 0 Å². The summed E-state index contributed by atoms with van der Waals surface area (Å²) in [5.74, 6) is 0.343. The predicted molar refractivity (Wildman–Crippen MR) is 60.4 cm³/mol. The lowest BCUT2D eigenvalue weighted by Crippen LogP contribution is -2.26. The molecule has 3 heteroatoms. The summed E-state index contributed by atoms with van der Waals surface area (Å²) in [4.78, 5) is 0. The maximum Gasteiger partial charge on any atom is 0.115 e. The van der Waals surface area contributed by atoms with Crippen LogP contribution in [0.4, 0.5) is 0 Å². The van der Waals surface area contributed by atoms with Crippen LogP contribution in [0.25, 0.3) is 0 Å². The van der Waals surface area contributed by atoms with Crippen LogP contribution in [-0.4, -0.2) is 11.7 Å². The first kappa shape index (κ1) is 9.99. The lowest BCUT2D eigenvalue weighted by atomic mass is 9.97. The van der Waals surface area contributed by atoms with Crippen LogP contribution in [-0.2, 0) is 0 Å². The monoisotopic (exact) mass is 255 g/mol. The zero-order valence-corrected chi connectivity index (χ0v) is 9.55. The number of hydrogen-bond donors (Lipinski definition) is 2. The quantitative estimate of drug-likeness (QED) is 0.809. The van der Waals surface area contributed by atoms with Crippen LogP contribution in [0.1, 0.15) is 30.9 Å². The topological polar surface area (TPSA) is 32.3 Å². The molecule has 76 valence electrons. The Hall–Kier alpha value is -0.540. The Bertz CT molecular complexity index is 321. The number of aromatic hydroxyl groups is 1. The summed E-state index contributed by atoms with van der Waals surface area (Å²) in [6, 6.07) is 5.84. The standard InChI is InChI=1S/C11H14BrNO/c12-10-5-4-8(14)7-9(10)11-3-1-2-6-13-11/h4-5,7,11,13-14H,1-3,6H2/t11-/m1/s1. The van der Waals surface area contributed by atoms with Gasteiger partial charge in [0.05, 0.1) is 0 Å². The first-order chi connectivity index (χ1) is 6.77. The molecule has 0 spiro atoms. The van der Waals surface area contributed by atoms with Crippen molar-refractivity contribution < 1.29 is 5.11 Å². The Kier molecular flexibility index (Phi) is 3.08.